The van der Waals surface area contributed by atoms with Gasteiger partial charge in [0, 0.05) is 10.9 Å². The number of nitrogens with zero attached hydrogens (tertiary/aromatic N) is 4. The van der Waals surface area contributed by atoms with E-state index in [2.05, 4.69) is 20.8 Å². The highest BCUT2D eigenvalue weighted by molar-refractivity contribution is 7.98. The molecule has 0 unspecified atom stereocenters. The molecule has 0 radical (unpaired) electrons. The number of aliphatic hydroxyl groups excluding tert-OH is 1. The number of thioether (sulfide) groups is 1. The minimum Gasteiger partial charge on any atom is -0.393 e. The van der Waals surface area contributed by atoms with Gasteiger partial charge in [0.25, 0.3) is 5.91 Å². The summed E-state index contributed by atoms with van der Waals surface area (Å²) in [5.74, 6) is 1.19. The van der Waals surface area contributed by atoms with Gasteiger partial charge in [-0.25, -0.2) is 0 Å². The molecule has 1 fully saturated rings. The first-order valence-electron chi connectivity index (χ1n) is 9.74. The van der Waals surface area contributed by atoms with Crippen molar-refractivity contribution in [3.63, 3.8) is 0 Å². The highest BCUT2D eigenvalue weighted by Gasteiger charge is 2.22. The third kappa shape index (κ3) is 4.83. The van der Waals surface area contributed by atoms with Crippen molar-refractivity contribution in [3.8, 4) is 5.69 Å². The van der Waals surface area contributed by atoms with Crippen molar-refractivity contribution < 1.29 is 9.90 Å². The Labute approximate surface area is 173 Å². The molecule has 1 aliphatic rings. The number of hydrogen-bond donors (Lipinski definition) is 2. The first kappa shape index (κ1) is 19.6. The molecule has 0 spiro atoms. The molecule has 1 aliphatic carbocycles. The Bertz CT molecular complexity index is 954. The highest BCUT2D eigenvalue weighted by atomic mass is 32.2. The molecule has 1 saturated carbocycles. The molecule has 8 heteroatoms. The van der Waals surface area contributed by atoms with E-state index in [-0.39, 0.29) is 18.1 Å². The van der Waals surface area contributed by atoms with Crippen LogP contribution in [0.3, 0.4) is 0 Å². The molecule has 150 valence electrons. The Morgan fingerprint density at radius 3 is 2.59 bits per heavy atom. The summed E-state index contributed by atoms with van der Waals surface area (Å²) in [5.41, 5.74) is 1.56. The Balaban J connectivity index is 1.44. The number of benzene rings is 2. The average molecular weight is 410 g/mol. The van der Waals surface area contributed by atoms with Crippen LogP contribution in [0.15, 0.2) is 59.5 Å². The van der Waals surface area contributed by atoms with Crippen LogP contribution in [0, 0.1) is 0 Å². The molecule has 4 rings (SSSR count). The summed E-state index contributed by atoms with van der Waals surface area (Å²) in [6.07, 6.45) is 2.87. The van der Waals surface area contributed by atoms with E-state index >= 15 is 0 Å². The van der Waals surface area contributed by atoms with E-state index in [1.165, 1.54) is 0 Å². The Morgan fingerprint density at radius 2 is 1.79 bits per heavy atom. The van der Waals surface area contributed by atoms with Crippen LogP contribution in [0.2, 0.25) is 0 Å². The fraction of sp³-hybridized carbons (Fsp3) is 0.333. The Morgan fingerprint density at radius 1 is 1.07 bits per heavy atom. The maximum atomic E-state index is 12.8. The Kier molecular flexibility index (Phi) is 6.21. The van der Waals surface area contributed by atoms with Crippen molar-refractivity contribution in [1.82, 2.24) is 25.5 Å². The van der Waals surface area contributed by atoms with Gasteiger partial charge in [-0.05, 0) is 60.4 Å². The minimum absolute atomic E-state index is 0.0721. The number of carbonyl (C=O) groups excluding carboxylic acids is 1. The van der Waals surface area contributed by atoms with E-state index in [0.29, 0.717) is 11.3 Å². The molecule has 2 N–H and O–H groups in total. The fourth-order valence-electron chi connectivity index (χ4n) is 3.47. The number of amides is 1. The number of rotatable bonds is 6. The molecular weight excluding hydrogens is 386 g/mol. The van der Waals surface area contributed by atoms with E-state index in [9.17, 15) is 9.90 Å². The van der Waals surface area contributed by atoms with Gasteiger partial charge in [0.2, 0.25) is 0 Å². The van der Waals surface area contributed by atoms with E-state index < -0.39 is 0 Å². The van der Waals surface area contributed by atoms with Crippen LogP contribution in [-0.4, -0.2) is 43.4 Å². The molecule has 2 aromatic carbocycles. The molecule has 7 nitrogen and oxygen atoms in total. The molecular formula is C21H23N5O2S. The summed E-state index contributed by atoms with van der Waals surface area (Å²) in [4.78, 5) is 13.7. The van der Waals surface area contributed by atoms with Crippen LogP contribution in [-0.2, 0) is 5.75 Å². The van der Waals surface area contributed by atoms with Gasteiger partial charge in [-0.15, -0.1) is 16.9 Å². The zero-order chi connectivity index (χ0) is 20.1. The van der Waals surface area contributed by atoms with Gasteiger partial charge < -0.3 is 10.4 Å². The predicted octanol–water partition coefficient (Wildman–Crippen LogP) is 2.99. The smallest absolute Gasteiger partial charge is 0.252 e. The molecule has 0 bridgehead atoms. The maximum Gasteiger partial charge on any atom is 0.252 e. The third-order valence-corrected chi connectivity index (χ3v) is 6.12. The number of aliphatic hydroxyl groups is 1. The average Bonchev–Trinajstić information content (AvgIpc) is 3.23. The van der Waals surface area contributed by atoms with Crippen LogP contribution < -0.4 is 5.32 Å². The molecule has 29 heavy (non-hydrogen) atoms. The molecule has 0 aliphatic heterocycles. The van der Waals surface area contributed by atoms with Crippen LogP contribution in [0.5, 0.6) is 0 Å². The van der Waals surface area contributed by atoms with Crippen LogP contribution in [0.1, 0.15) is 41.9 Å². The Hall–Kier alpha value is -2.71. The van der Waals surface area contributed by atoms with Crippen molar-refractivity contribution in [2.45, 2.75) is 48.5 Å². The van der Waals surface area contributed by atoms with Gasteiger partial charge in [0.05, 0.1) is 23.1 Å². The lowest BCUT2D eigenvalue weighted by Crippen LogP contribution is -2.38. The van der Waals surface area contributed by atoms with Crippen molar-refractivity contribution in [2.24, 2.45) is 0 Å². The number of hydrogen-bond acceptors (Lipinski definition) is 6. The summed E-state index contributed by atoms with van der Waals surface area (Å²) in [6, 6.07) is 17.4. The number of para-hydroxylation sites is 1. The standard InChI is InChI=1S/C21H23N5O2S/c27-17-12-10-15(11-13-17)22-21(28)18-8-4-5-9-19(18)29-14-20-23-24-25-26(20)16-6-2-1-3-7-16/h1-9,15,17,27H,10-14H2,(H,22,28). The monoisotopic (exact) mass is 409 g/mol. The fourth-order valence-corrected chi connectivity index (χ4v) is 4.43. The van der Waals surface area contributed by atoms with E-state index in [1.54, 1.807) is 16.4 Å². The summed E-state index contributed by atoms with van der Waals surface area (Å²) < 4.78 is 1.71. The third-order valence-electron chi connectivity index (χ3n) is 5.06. The van der Waals surface area contributed by atoms with Crippen molar-refractivity contribution in [1.29, 1.82) is 0 Å². The quantitative estimate of drug-likeness (QED) is 0.608. The number of tetrazole rings is 1. The lowest BCUT2D eigenvalue weighted by molar-refractivity contribution is 0.0865. The first-order chi connectivity index (χ1) is 14.2. The highest BCUT2D eigenvalue weighted by Crippen LogP contribution is 2.27. The summed E-state index contributed by atoms with van der Waals surface area (Å²) in [6.45, 7) is 0. The number of nitrogens with one attached hydrogen (secondary N) is 1. The minimum atomic E-state index is -0.235. The zero-order valence-electron chi connectivity index (χ0n) is 15.9. The molecule has 1 aromatic heterocycles. The molecule has 1 heterocycles. The molecule has 0 saturated heterocycles. The lowest BCUT2D eigenvalue weighted by atomic mass is 9.93. The molecule has 3 aromatic rings. The largest absolute Gasteiger partial charge is 0.393 e. The van der Waals surface area contributed by atoms with E-state index in [1.807, 2.05) is 54.6 Å². The molecule has 1 amide bonds. The number of aromatic nitrogens is 4. The summed E-state index contributed by atoms with van der Waals surface area (Å²) in [5, 5.41) is 24.8. The van der Waals surface area contributed by atoms with Crippen LogP contribution in [0.4, 0.5) is 0 Å². The van der Waals surface area contributed by atoms with Gasteiger partial charge in [-0.2, -0.15) is 4.68 Å². The maximum absolute atomic E-state index is 12.8. The van der Waals surface area contributed by atoms with Crippen molar-refractivity contribution in [3.05, 3.63) is 66.0 Å². The van der Waals surface area contributed by atoms with E-state index in [0.717, 1.165) is 42.1 Å². The second-order valence-electron chi connectivity index (χ2n) is 7.11. The SMILES string of the molecule is O=C(NC1CCC(O)CC1)c1ccccc1SCc1nnnn1-c1ccccc1. The first-order valence-corrected chi connectivity index (χ1v) is 10.7. The molecule has 0 atom stereocenters. The second kappa shape index (κ2) is 9.19. The van der Waals surface area contributed by atoms with Crippen LogP contribution in [0.25, 0.3) is 5.69 Å². The van der Waals surface area contributed by atoms with Gasteiger partial charge in [-0.3, -0.25) is 4.79 Å². The zero-order valence-corrected chi connectivity index (χ0v) is 16.8. The summed E-state index contributed by atoms with van der Waals surface area (Å²) in [7, 11) is 0. The van der Waals surface area contributed by atoms with Crippen molar-refractivity contribution >= 4 is 17.7 Å². The van der Waals surface area contributed by atoms with Gasteiger partial charge >= 0.3 is 0 Å². The van der Waals surface area contributed by atoms with Gasteiger partial charge in [0.15, 0.2) is 5.82 Å². The lowest BCUT2D eigenvalue weighted by Gasteiger charge is -2.26. The number of carbonyl (C=O) groups is 1. The van der Waals surface area contributed by atoms with Crippen molar-refractivity contribution in [2.75, 3.05) is 0 Å². The topological polar surface area (TPSA) is 92.9 Å². The van der Waals surface area contributed by atoms with Crippen LogP contribution >= 0.6 is 11.8 Å². The van der Waals surface area contributed by atoms with Gasteiger partial charge in [-0.1, -0.05) is 30.3 Å². The van der Waals surface area contributed by atoms with Gasteiger partial charge in [0.1, 0.15) is 0 Å². The summed E-state index contributed by atoms with van der Waals surface area (Å²) >= 11 is 1.54. The predicted molar refractivity (Wildman–Crippen MR) is 111 cm³/mol. The normalized spacial score (nSPS) is 19.1. The second-order valence-corrected chi connectivity index (χ2v) is 8.12. The van der Waals surface area contributed by atoms with E-state index in [4.69, 9.17) is 0 Å².